The molecule has 1 nitrogen and oxygen atoms in total. The van der Waals surface area contributed by atoms with Crippen molar-refractivity contribution in [2.45, 2.75) is 64.7 Å². The van der Waals surface area contributed by atoms with Crippen LogP contribution in [0, 0.1) is 11.8 Å². The first-order chi connectivity index (χ1) is 7.79. The predicted octanol–water partition coefficient (Wildman–Crippen LogP) is 4.27. The van der Waals surface area contributed by atoms with Crippen molar-refractivity contribution in [3.8, 4) is 0 Å². The van der Waals surface area contributed by atoms with E-state index in [4.69, 9.17) is 0 Å². The Morgan fingerprint density at radius 3 is 2.56 bits per heavy atom. The van der Waals surface area contributed by atoms with Gasteiger partial charge in [-0.05, 0) is 56.4 Å². The van der Waals surface area contributed by atoms with Crippen molar-refractivity contribution < 1.29 is 4.79 Å². The second-order valence-corrected chi connectivity index (χ2v) is 5.55. The largest absolute Gasteiger partial charge is 0.295 e. The zero-order valence-corrected chi connectivity index (χ0v) is 10.5. The fourth-order valence-electron chi connectivity index (χ4n) is 3.37. The van der Waals surface area contributed by atoms with E-state index < -0.39 is 0 Å². The van der Waals surface area contributed by atoms with E-state index in [0.717, 1.165) is 24.7 Å². The summed E-state index contributed by atoms with van der Waals surface area (Å²) in [6.45, 7) is 2.29. The lowest BCUT2D eigenvalue weighted by molar-refractivity contribution is -0.115. The van der Waals surface area contributed by atoms with Gasteiger partial charge in [0.25, 0.3) is 0 Å². The van der Waals surface area contributed by atoms with Crippen LogP contribution in [0.15, 0.2) is 11.6 Å². The van der Waals surface area contributed by atoms with Gasteiger partial charge in [-0.2, -0.15) is 0 Å². The standard InChI is InChI=1S/C15H24O/c1-2-4-12-7-9-13(10-8-12)14-5-3-6-15(16)11-14/h11-13H,2-10H2,1H3/t12-,13-. The lowest BCUT2D eigenvalue weighted by Gasteiger charge is -2.31. The van der Waals surface area contributed by atoms with Gasteiger partial charge < -0.3 is 0 Å². The molecule has 2 aliphatic rings. The number of ketones is 1. The fraction of sp³-hybridized carbons (Fsp3) is 0.800. The molecule has 0 amide bonds. The summed E-state index contributed by atoms with van der Waals surface area (Å²) in [5, 5.41) is 0. The first-order valence-electron chi connectivity index (χ1n) is 7.03. The molecule has 1 saturated carbocycles. The highest BCUT2D eigenvalue weighted by molar-refractivity contribution is 5.91. The molecule has 0 atom stereocenters. The van der Waals surface area contributed by atoms with Crippen LogP contribution >= 0.6 is 0 Å². The summed E-state index contributed by atoms with van der Waals surface area (Å²) < 4.78 is 0. The zero-order chi connectivity index (χ0) is 11.4. The number of carbonyl (C=O) groups excluding carboxylic acids is 1. The number of rotatable bonds is 3. The highest BCUT2D eigenvalue weighted by atomic mass is 16.1. The average Bonchev–Trinajstić information content (AvgIpc) is 2.30. The van der Waals surface area contributed by atoms with Crippen molar-refractivity contribution in [3.63, 3.8) is 0 Å². The van der Waals surface area contributed by atoms with Gasteiger partial charge in [-0.25, -0.2) is 0 Å². The van der Waals surface area contributed by atoms with Crippen LogP contribution in [-0.4, -0.2) is 5.78 Å². The molecule has 0 saturated heterocycles. The second kappa shape index (κ2) is 5.65. The summed E-state index contributed by atoms with van der Waals surface area (Å²) in [7, 11) is 0. The van der Waals surface area contributed by atoms with Crippen LogP contribution < -0.4 is 0 Å². The Bertz CT molecular complexity index is 269. The third-order valence-electron chi connectivity index (χ3n) is 4.30. The Labute approximate surface area is 99.3 Å². The molecule has 0 aliphatic heterocycles. The van der Waals surface area contributed by atoms with E-state index in [-0.39, 0.29) is 0 Å². The van der Waals surface area contributed by atoms with Crippen molar-refractivity contribution in [2.24, 2.45) is 11.8 Å². The van der Waals surface area contributed by atoms with Crippen LogP contribution in [0.4, 0.5) is 0 Å². The van der Waals surface area contributed by atoms with Gasteiger partial charge in [-0.1, -0.05) is 25.3 Å². The van der Waals surface area contributed by atoms with Crippen LogP contribution in [0.2, 0.25) is 0 Å². The Balaban J connectivity index is 1.86. The van der Waals surface area contributed by atoms with E-state index >= 15 is 0 Å². The normalized spacial score (nSPS) is 31.3. The monoisotopic (exact) mass is 220 g/mol. The summed E-state index contributed by atoms with van der Waals surface area (Å²) >= 11 is 0. The smallest absolute Gasteiger partial charge is 0.155 e. The number of hydrogen-bond acceptors (Lipinski definition) is 1. The van der Waals surface area contributed by atoms with E-state index in [9.17, 15) is 4.79 Å². The second-order valence-electron chi connectivity index (χ2n) is 5.55. The van der Waals surface area contributed by atoms with Gasteiger partial charge >= 0.3 is 0 Å². The maximum atomic E-state index is 11.4. The molecule has 16 heavy (non-hydrogen) atoms. The Hall–Kier alpha value is -0.590. The minimum atomic E-state index is 0.372. The van der Waals surface area contributed by atoms with Crippen LogP contribution in [0.25, 0.3) is 0 Å². The van der Waals surface area contributed by atoms with E-state index in [1.165, 1.54) is 50.5 Å². The summed E-state index contributed by atoms with van der Waals surface area (Å²) in [6.07, 6.45) is 13.2. The molecule has 90 valence electrons. The molecule has 0 N–H and O–H groups in total. The van der Waals surface area contributed by atoms with Crippen molar-refractivity contribution in [1.29, 1.82) is 0 Å². The van der Waals surface area contributed by atoms with Gasteiger partial charge in [-0.15, -0.1) is 0 Å². The number of carbonyl (C=O) groups is 1. The fourth-order valence-corrected chi connectivity index (χ4v) is 3.37. The van der Waals surface area contributed by atoms with Gasteiger partial charge in [0.2, 0.25) is 0 Å². The van der Waals surface area contributed by atoms with Gasteiger partial charge in [0.1, 0.15) is 0 Å². The lowest BCUT2D eigenvalue weighted by Crippen LogP contribution is -2.18. The third-order valence-corrected chi connectivity index (χ3v) is 4.30. The van der Waals surface area contributed by atoms with E-state index in [0.29, 0.717) is 5.78 Å². The molecule has 2 rings (SSSR count). The van der Waals surface area contributed by atoms with E-state index in [1.807, 2.05) is 6.08 Å². The molecule has 0 heterocycles. The molecule has 0 radical (unpaired) electrons. The quantitative estimate of drug-likeness (QED) is 0.694. The summed E-state index contributed by atoms with van der Waals surface area (Å²) in [4.78, 5) is 11.4. The zero-order valence-electron chi connectivity index (χ0n) is 10.5. The van der Waals surface area contributed by atoms with E-state index in [2.05, 4.69) is 6.92 Å². The van der Waals surface area contributed by atoms with Crippen molar-refractivity contribution in [1.82, 2.24) is 0 Å². The average molecular weight is 220 g/mol. The minimum Gasteiger partial charge on any atom is -0.295 e. The number of allylic oxidation sites excluding steroid dienone is 2. The SMILES string of the molecule is CCC[C@H]1CC[C@H](C2=CC(=O)CCC2)CC1. The maximum absolute atomic E-state index is 11.4. The summed E-state index contributed by atoms with van der Waals surface area (Å²) in [5.41, 5.74) is 1.48. The first-order valence-corrected chi connectivity index (χ1v) is 7.03. The number of hydrogen-bond donors (Lipinski definition) is 0. The summed E-state index contributed by atoms with van der Waals surface area (Å²) in [6, 6.07) is 0. The predicted molar refractivity (Wildman–Crippen MR) is 67.3 cm³/mol. The van der Waals surface area contributed by atoms with Crippen molar-refractivity contribution >= 4 is 5.78 Å². The molecule has 0 aromatic rings. The minimum absolute atomic E-state index is 0.372. The molecule has 0 aromatic heterocycles. The Morgan fingerprint density at radius 2 is 1.94 bits per heavy atom. The van der Waals surface area contributed by atoms with Gasteiger partial charge in [-0.3, -0.25) is 4.79 Å². The van der Waals surface area contributed by atoms with Gasteiger partial charge in [0.05, 0.1) is 0 Å². The molecule has 0 unspecified atom stereocenters. The lowest BCUT2D eigenvalue weighted by atomic mass is 9.75. The van der Waals surface area contributed by atoms with Crippen LogP contribution in [0.1, 0.15) is 64.7 Å². The highest BCUT2D eigenvalue weighted by Crippen LogP contribution is 2.37. The molecule has 1 fully saturated rings. The van der Waals surface area contributed by atoms with Crippen molar-refractivity contribution in [2.75, 3.05) is 0 Å². The van der Waals surface area contributed by atoms with E-state index in [1.54, 1.807) is 0 Å². The maximum Gasteiger partial charge on any atom is 0.155 e. The van der Waals surface area contributed by atoms with Gasteiger partial charge in [0, 0.05) is 6.42 Å². The molecular weight excluding hydrogens is 196 g/mol. The Morgan fingerprint density at radius 1 is 1.19 bits per heavy atom. The molecule has 0 bridgehead atoms. The highest BCUT2D eigenvalue weighted by Gasteiger charge is 2.24. The third kappa shape index (κ3) is 2.96. The molecule has 0 aromatic carbocycles. The summed E-state index contributed by atoms with van der Waals surface area (Å²) in [5.74, 6) is 2.09. The van der Waals surface area contributed by atoms with Crippen LogP contribution in [0.5, 0.6) is 0 Å². The topological polar surface area (TPSA) is 17.1 Å². The molecule has 0 spiro atoms. The Kier molecular flexibility index (Phi) is 4.20. The molecule has 1 heteroatoms. The van der Waals surface area contributed by atoms with Crippen LogP contribution in [0.3, 0.4) is 0 Å². The van der Waals surface area contributed by atoms with Crippen molar-refractivity contribution in [3.05, 3.63) is 11.6 Å². The first kappa shape index (κ1) is 11.9. The molecular formula is C15H24O. The molecule has 2 aliphatic carbocycles. The van der Waals surface area contributed by atoms with Crippen LogP contribution in [-0.2, 0) is 4.79 Å². The van der Waals surface area contributed by atoms with Gasteiger partial charge in [0.15, 0.2) is 5.78 Å².